The van der Waals surface area contributed by atoms with Crippen LogP contribution in [-0.4, -0.2) is 43.8 Å². The van der Waals surface area contributed by atoms with E-state index in [0.717, 1.165) is 35.5 Å². The van der Waals surface area contributed by atoms with E-state index in [0.29, 0.717) is 24.6 Å². The molecule has 0 atom stereocenters. The normalized spacial score (nSPS) is 14.9. The summed E-state index contributed by atoms with van der Waals surface area (Å²) in [6, 6.07) is 7.60. The highest BCUT2D eigenvalue weighted by atomic mass is 16.2. The second-order valence-electron chi connectivity index (χ2n) is 7.73. The molecule has 0 radical (unpaired) electrons. The van der Waals surface area contributed by atoms with Crippen LogP contribution in [0.5, 0.6) is 0 Å². The molecule has 0 bridgehead atoms. The summed E-state index contributed by atoms with van der Waals surface area (Å²) in [5, 5.41) is 0. The minimum atomic E-state index is 0.0494. The van der Waals surface area contributed by atoms with E-state index in [-0.39, 0.29) is 11.8 Å². The number of carbonyl (C=O) groups is 1. The molecule has 4 rings (SSSR count). The lowest BCUT2D eigenvalue weighted by atomic mass is 9.94. The number of hydrogen-bond donors (Lipinski definition) is 0. The molecule has 148 valence electrons. The number of amides is 1. The molecule has 0 spiro atoms. The molecule has 1 aliphatic rings. The SMILES string of the molecule is CC(C)c1nc(C2CCN(C(=O)c3cccnc3)CC2)ncc1-c1ccncc1. The Kier molecular flexibility index (Phi) is 5.60. The molecule has 3 aromatic rings. The zero-order chi connectivity index (χ0) is 20.2. The maximum atomic E-state index is 12.6. The first-order chi connectivity index (χ1) is 14.1. The van der Waals surface area contributed by atoms with E-state index in [2.05, 4.69) is 23.8 Å². The number of hydrogen-bond acceptors (Lipinski definition) is 5. The minimum Gasteiger partial charge on any atom is -0.339 e. The van der Waals surface area contributed by atoms with E-state index in [1.807, 2.05) is 29.3 Å². The molecule has 0 saturated carbocycles. The molecule has 6 nitrogen and oxygen atoms in total. The lowest BCUT2D eigenvalue weighted by Crippen LogP contribution is -2.38. The van der Waals surface area contributed by atoms with Crippen molar-refractivity contribution < 1.29 is 4.79 Å². The smallest absolute Gasteiger partial charge is 0.255 e. The van der Waals surface area contributed by atoms with Crippen LogP contribution in [0.4, 0.5) is 0 Å². The summed E-state index contributed by atoms with van der Waals surface area (Å²) in [4.78, 5) is 32.4. The maximum absolute atomic E-state index is 12.6. The molecule has 4 heterocycles. The van der Waals surface area contributed by atoms with Gasteiger partial charge in [-0.1, -0.05) is 13.8 Å². The first-order valence-corrected chi connectivity index (χ1v) is 10.1. The summed E-state index contributed by atoms with van der Waals surface area (Å²) >= 11 is 0. The van der Waals surface area contributed by atoms with E-state index in [9.17, 15) is 4.79 Å². The van der Waals surface area contributed by atoms with Crippen LogP contribution in [-0.2, 0) is 0 Å². The molecule has 3 aromatic heterocycles. The summed E-state index contributed by atoms with van der Waals surface area (Å²) in [5.74, 6) is 1.51. The number of carbonyl (C=O) groups excluding carboxylic acids is 1. The quantitative estimate of drug-likeness (QED) is 0.675. The molecule has 1 amide bonds. The molecule has 1 aliphatic heterocycles. The third-order valence-electron chi connectivity index (χ3n) is 5.43. The first kappa shape index (κ1) is 19.2. The van der Waals surface area contributed by atoms with Crippen LogP contribution in [0.15, 0.2) is 55.2 Å². The van der Waals surface area contributed by atoms with Gasteiger partial charge in [0.25, 0.3) is 5.91 Å². The number of piperidine rings is 1. The fourth-order valence-electron chi connectivity index (χ4n) is 3.81. The second-order valence-corrected chi connectivity index (χ2v) is 7.73. The van der Waals surface area contributed by atoms with Gasteiger partial charge in [-0.2, -0.15) is 0 Å². The molecule has 29 heavy (non-hydrogen) atoms. The van der Waals surface area contributed by atoms with Crippen molar-refractivity contribution in [3.05, 3.63) is 72.3 Å². The Balaban J connectivity index is 1.50. The summed E-state index contributed by atoms with van der Waals surface area (Å²) in [6.07, 6.45) is 10.6. The van der Waals surface area contributed by atoms with Gasteiger partial charge in [0.1, 0.15) is 5.82 Å². The Morgan fingerprint density at radius 2 is 1.79 bits per heavy atom. The van der Waals surface area contributed by atoms with Gasteiger partial charge in [-0.25, -0.2) is 9.97 Å². The molecular formula is C23H25N5O. The van der Waals surface area contributed by atoms with Crippen LogP contribution in [0.3, 0.4) is 0 Å². The van der Waals surface area contributed by atoms with Gasteiger partial charge in [-0.3, -0.25) is 14.8 Å². The zero-order valence-electron chi connectivity index (χ0n) is 16.8. The third-order valence-corrected chi connectivity index (χ3v) is 5.43. The molecule has 0 N–H and O–H groups in total. The summed E-state index contributed by atoms with van der Waals surface area (Å²) in [6.45, 7) is 5.74. The van der Waals surface area contributed by atoms with Gasteiger partial charge in [0, 0.05) is 55.6 Å². The number of pyridine rings is 2. The van der Waals surface area contributed by atoms with E-state index in [4.69, 9.17) is 9.97 Å². The van der Waals surface area contributed by atoms with Crippen molar-refractivity contribution in [1.82, 2.24) is 24.8 Å². The second kappa shape index (κ2) is 8.47. The lowest BCUT2D eigenvalue weighted by Gasteiger charge is -2.31. The van der Waals surface area contributed by atoms with Crippen molar-refractivity contribution >= 4 is 5.91 Å². The largest absolute Gasteiger partial charge is 0.339 e. The van der Waals surface area contributed by atoms with E-state index in [1.54, 1.807) is 30.9 Å². The van der Waals surface area contributed by atoms with Crippen LogP contribution >= 0.6 is 0 Å². The number of aromatic nitrogens is 4. The van der Waals surface area contributed by atoms with Crippen molar-refractivity contribution in [3.8, 4) is 11.1 Å². The zero-order valence-corrected chi connectivity index (χ0v) is 16.8. The van der Waals surface area contributed by atoms with Gasteiger partial charge in [-0.15, -0.1) is 0 Å². The Morgan fingerprint density at radius 1 is 1.03 bits per heavy atom. The highest BCUT2D eigenvalue weighted by molar-refractivity contribution is 5.93. The highest BCUT2D eigenvalue weighted by Crippen LogP contribution is 2.31. The van der Waals surface area contributed by atoms with Crippen LogP contribution in [0.1, 0.15) is 60.4 Å². The topological polar surface area (TPSA) is 71.9 Å². The number of nitrogens with zero attached hydrogens (tertiary/aromatic N) is 5. The Labute approximate surface area is 171 Å². The van der Waals surface area contributed by atoms with Crippen LogP contribution in [0.2, 0.25) is 0 Å². The maximum Gasteiger partial charge on any atom is 0.255 e. The van der Waals surface area contributed by atoms with Crippen LogP contribution < -0.4 is 0 Å². The molecule has 0 aliphatic carbocycles. The van der Waals surface area contributed by atoms with Crippen LogP contribution in [0, 0.1) is 0 Å². The first-order valence-electron chi connectivity index (χ1n) is 10.1. The Morgan fingerprint density at radius 3 is 2.45 bits per heavy atom. The van der Waals surface area contributed by atoms with Crippen molar-refractivity contribution in [2.24, 2.45) is 0 Å². The highest BCUT2D eigenvalue weighted by Gasteiger charge is 2.27. The fourth-order valence-corrected chi connectivity index (χ4v) is 3.81. The van der Waals surface area contributed by atoms with E-state index >= 15 is 0 Å². The van der Waals surface area contributed by atoms with Crippen molar-refractivity contribution in [2.45, 2.75) is 38.5 Å². The average molecular weight is 387 g/mol. The van der Waals surface area contributed by atoms with Crippen molar-refractivity contribution in [3.63, 3.8) is 0 Å². The average Bonchev–Trinajstić information content (AvgIpc) is 2.79. The minimum absolute atomic E-state index is 0.0494. The molecule has 1 fully saturated rings. The Hall–Kier alpha value is -3.15. The molecule has 0 aromatic carbocycles. The number of likely N-dealkylation sites (tertiary alicyclic amines) is 1. The van der Waals surface area contributed by atoms with Gasteiger partial charge in [0.2, 0.25) is 0 Å². The standard InChI is InChI=1S/C23H25N5O/c1-16(2)21-20(17-5-10-24-11-6-17)15-26-22(27-21)18-7-12-28(13-8-18)23(29)19-4-3-9-25-14-19/h3-6,9-11,14-16,18H,7-8,12-13H2,1-2H3. The van der Waals surface area contributed by atoms with Gasteiger partial charge in [0.15, 0.2) is 0 Å². The van der Waals surface area contributed by atoms with E-state index in [1.165, 1.54) is 0 Å². The fraction of sp³-hybridized carbons (Fsp3) is 0.348. The van der Waals surface area contributed by atoms with Gasteiger partial charge >= 0.3 is 0 Å². The molecule has 1 saturated heterocycles. The van der Waals surface area contributed by atoms with Crippen LogP contribution in [0.25, 0.3) is 11.1 Å². The predicted molar refractivity (Wildman–Crippen MR) is 111 cm³/mol. The summed E-state index contributed by atoms with van der Waals surface area (Å²) in [5.41, 5.74) is 3.86. The molecule has 0 unspecified atom stereocenters. The molecule has 6 heteroatoms. The monoisotopic (exact) mass is 387 g/mol. The van der Waals surface area contributed by atoms with Crippen molar-refractivity contribution in [1.29, 1.82) is 0 Å². The lowest BCUT2D eigenvalue weighted by molar-refractivity contribution is 0.0710. The van der Waals surface area contributed by atoms with Crippen molar-refractivity contribution in [2.75, 3.05) is 13.1 Å². The summed E-state index contributed by atoms with van der Waals surface area (Å²) < 4.78 is 0. The Bertz CT molecular complexity index is 967. The number of rotatable bonds is 4. The molecular weight excluding hydrogens is 362 g/mol. The van der Waals surface area contributed by atoms with E-state index < -0.39 is 0 Å². The third kappa shape index (κ3) is 4.16. The van der Waals surface area contributed by atoms with Gasteiger partial charge in [0.05, 0.1) is 11.3 Å². The van der Waals surface area contributed by atoms with Gasteiger partial charge in [-0.05, 0) is 48.6 Å². The summed E-state index contributed by atoms with van der Waals surface area (Å²) in [7, 11) is 0. The predicted octanol–water partition coefficient (Wildman–Crippen LogP) is 4.08. The van der Waals surface area contributed by atoms with Gasteiger partial charge < -0.3 is 4.90 Å².